The van der Waals surface area contributed by atoms with Crippen LogP contribution in [0.4, 0.5) is 5.95 Å². The molecule has 102 valence electrons. The molecule has 0 unspecified atom stereocenters. The van der Waals surface area contributed by atoms with Crippen LogP contribution < -0.4 is 10.2 Å². The van der Waals surface area contributed by atoms with E-state index in [1.165, 1.54) is 11.1 Å². The maximum Gasteiger partial charge on any atom is 0.227 e. The molecule has 0 atom stereocenters. The molecule has 5 heteroatoms. The summed E-state index contributed by atoms with van der Waals surface area (Å²) in [4.78, 5) is 11.4. The Bertz CT molecular complexity index is 646. The Labute approximate surface area is 122 Å². The number of rotatable bonds is 1. The standard InChI is InChI=1S/C15H15ClN4/c16-14-12-7-17-6-5-13(12)18-15(19-14)20-8-10-3-1-2-4-11(10)9-20/h1-4,17H,5-9H2. The lowest BCUT2D eigenvalue weighted by Crippen LogP contribution is -2.27. The van der Waals surface area contributed by atoms with Crippen LogP contribution in [0.15, 0.2) is 24.3 Å². The summed E-state index contributed by atoms with van der Waals surface area (Å²) in [6.45, 7) is 3.46. The van der Waals surface area contributed by atoms with Gasteiger partial charge >= 0.3 is 0 Å². The molecule has 0 radical (unpaired) electrons. The quantitative estimate of drug-likeness (QED) is 0.817. The van der Waals surface area contributed by atoms with E-state index < -0.39 is 0 Å². The fourth-order valence-electron chi connectivity index (χ4n) is 2.91. The summed E-state index contributed by atoms with van der Waals surface area (Å²) in [5.74, 6) is 0.756. The van der Waals surface area contributed by atoms with Crippen molar-refractivity contribution >= 4 is 17.5 Å². The van der Waals surface area contributed by atoms with Crippen LogP contribution in [0.3, 0.4) is 0 Å². The van der Waals surface area contributed by atoms with Gasteiger partial charge in [-0.2, -0.15) is 0 Å². The van der Waals surface area contributed by atoms with E-state index in [-0.39, 0.29) is 0 Å². The first kappa shape index (κ1) is 12.1. The summed E-state index contributed by atoms with van der Waals surface area (Å²) >= 11 is 6.32. The van der Waals surface area contributed by atoms with Gasteiger partial charge in [0.25, 0.3) is 0 Å². The lowest BCUT2D eigenvalue weighted by Gasteiger charge is -2.21. The highest BCUT2D eigenvalue weighted by Crippen LogP contribution is 2.29. The van der Waals surface area contributed by atoms with Crippen molar-refractivity contribution in [3.8, 4) is 0 Å². The zero-order chi connectivity index (χ0) is 13.5. The maximum atomic E-state index is 6.32. The number of halogens is 1. The molecule has 0 saturated heterocycles. The van der Waals surface area contributed by atoms with Crippen LogP contribution in [-0.4, -0.2) is 16.5 Å². The van der Waals surface area contributed by atoms with E-state index in [2.05, 4.69) is 39.5 Å². The first-order valence-electron chi connectivity index (χ1n) is 6.89. The SMILES string of the molecule is Clc1nc(N2Cc3ccccc3C2)nc2c1CNCC2. The first-order chi connectivity index (χ1) is 9.81. The molecule has 2 aromatic rings. The van der Waals surface area contributed by atoms with Gasteiger partial charge in [-0.3, -0.25) is 0 Å². The summed E-state index contributed by atoms with van der Waals surface area (Å²) in [5, 5.41) is 3.90. The van der Waals surface area contributed by atoms with Crippen molar-refractivity contribution in [1.29, 1.82) is 0 Å². The highest BCUT2D eigenvalue weighted by molar-refractivity contribution is 6.30. The highest BCUT2D eigenvalue weighted by atomic mass is 35.5. The summed E-state index contributed by atoms with van der Waals surface area (Å²) in [6, 6.07) is 8.49. The molecule has 3 heterocycles. The van der Waals surface area contributed by atoms with E-state index in [4.69, 9.17) is 16.6 Å². The Morgan fingerprint density at radius 2 is 1.85 bits per heavy atom. The molecule has 0 spiro atoms. The molecule has 0 amide bonds. The Balaban J connectivity index is 1.69. The van der Waals surface area contributed by atoms with Gasteiger partial charge in [0, 0.05) is 38.2 Å². The van der Waals surface area contributed by atoms with Crippen molar-refractivity contribution in [2.24, 2.45) is 0 Å². The summed E-state index contributed by atoms with van der Waals surface area (Å²) in [7, 11) is 0. The predicted molar refractivity (Wildman–Crippen MR) is 78.8 cm³/mol. The third kappa shape index (κ3) is 1.96. The van der Waals surface area contributed by atoms with E-state index in [0.29, 0.717) is 5.15 Å². The van der Waals surface area contributed by atoms with Crippen LogP contribution in [0, 0.1) is 0 Å². The van der Waals surface area contributed by atoms with Crippen LogP contribution in [-0.2, 0) is 26.1 Å². The molecule has 1 aromatic heterocycles. The molecule has 0 saturated carbocycles. The molecule has 0 aliphatic carbocycles. The average molecular weight is 287 g/mol. The van der Waals surface area contributed by atoms with E-state index in [0.717, 1.165) is 49.8 Å². The van der Waals surface area contributed by atoms with Crippen molar-refractivity contribution in [2.45, 2.75) is 26.1 Å². The third-order valence-electron chi connectivity index (χ3n) is 3.99. The molecular weight excluding hydrogens is 272 g/mol. The predicted octanol–water partition coefficient (Wildman–Crippen LogP) is 2.30. The number of fused-ring (bicyclic) bond motifs is 2. The van der Waals surface area contributed by atoms with Gasteiger partial charge in [0.05, 0.1) is 5.69 Å². The molecule has 0 fully saturated rings. The number of anilines is 1. The van der Waals surface area contributed by atoms with Gasteiger partial charge in [0.1, 0.15) is 5.15 Å². The van der Waals surface area contributed by atoms with Gasteiger partial charge in [-0.15, -0.1) is 0 Å². The Morgan fingerprint density at radius 1 is 1.10 bits per heavy atom. The molecule has 20 heavy (non-hydrogen) atoms. The normalized spacial score (nSPS) is 16.9. The van der Waals surface area contributed by atoms with Crippen LogP contribution in [0.2, 0.25) is 5.15 Å². The van der Waals surface area contributed by atoms with E-state index in [9.17, 15) is 0 Å². The topological polar surface area (TPSA) is 41.1 Å². The molecule has 2 aliphatic heterocycles. The second-order valence-electron chi connectivity index (χ2n) is 5.29. The molecule has 0 bridgehead atoms. The highest BCUT2D eigenvalue weighted by Gasteiger charge is 2.23. The summed E-state index contributed by atoms with van der Waals surface area (Å²) in [5.41, 5.74) is 4.85. The lowest BCUT2D eigenvalue weighted by molar-refractivity contribution is 0.623. The number of hydrogen-bond donors (Lipinski definition) is 1. The van der Waals surface area contributed by atoms with Gasteiger partial charge in [0.2, 0.25) is 5.95 Å². The largest absolute Gasteiger partial charge is 0.332 e. The minimum absolute atomic E-state index is 0.591. The number of nitrogens with zero attached hydrogens (tertiary/aromatic N) is 3. The molecule has 1 aromatic carbocycles. The number of nitrogens with one attached hydrogen (secondary N) is 1. The monoisotopic (exact) mass is 286 g/mol. The number of aromatic nitrogens is 2. The van der Waals surface area contributed by atoms with Crippen molar-refractivity contribution < 1.29 is 0 Å². The van der Waals surface area contributed by atoms with Gasteiger partial charge in [-0.1, -0.05) is 35.9 Å². The van der Waals surface area contributed by atoms with Gasteiger partial charge in [-0.05, 0) is 11.1 Å². The Kier molecular flexibility index (Phi) is 2.86. The average Bonchev–Trinajstić information content (AvgIpc) is 2.91. The van der Waals surface area contributed by atoms with Gasteiger partial charge < -0.3 is 10.2 Å². The fourth-order valence-corrected chi connectivity index (χ4v) is 3.16. The summed E-state index contributed by atoms with van der Waals surface area (Å²) < 4.78 is 0. The van der Waals surface area contributed by atoms with Gasteiger partial charge in [-0.25, -0.2) is 9.97 Å². The Hall–Kier alpha value is -1.65. The molecule has 2 aliphatic rings. The molecule has 4 rings (SSSR count). The van der Waals surface area contributed by atoms with E-state index in [1.807, 2.05) is 0 Å². The maximum absolute atomic E-state index is 6.32. The van der Waals surface area contributed by atoms with Gasteiger partial charge in [0.15, 0.2) is 0 Å². The van der Waals surface area contributed by atoms with Crippen LogP contribution in [0.25, 0.3) is 0 Å². The summed E-state index contributed by atoms with van der Waals surface area (Å²) in [6.07, 6.45) is 0.922. The zero-order valence-electron chi connectivity index (χ0n) is 11.1. The van der Waals surface area contributed by atoms with E-state index >= 15 is 0 Å². The minimum Gasteiger partial charge on any atom is -0.332 e. The third-order valence-corrected chi connectivity index (χ3v) is 4.31. The van der Waals surface area contributed by atoms with Crippen molar-refractivity contribution in [1.82, 2.24) is 15.3 Å². The minimum atomic E-state index is 0.591. The van der Waals surface area contributed by atoms with Crippen LogP contribution in [0.5, 0.6) is 0 Å². The first-order valence-corrected chi connectivity index (χ1v) is 7.27. The van der Waals surface area contributed by atoms with Crippen molar-refractivity contribution in [3.63, 3.8) is 0 Å². The second-order valence-corrected chi connectivity index (χ2v) is 5.65. The number of benzene rings is 1. The second kappa shape index (κ2) is 4.72. The van der Waals surface area contributed by atoms with Crippen molar-refractivity contribution in [2.75, 3.05) is 11.4 Å². The fraction of sp³-hybridized carbons (Fsp3) is 0.333. The molecule has 1 N–H and O–H groups in total. The lowest BCUT2D eigenvalue weighted by atomic mass is 10.1. The van der Waals surface area contributed by atoms with Crippen LogP contribution >= 0.6 is 11.6 Å². The zero-order valence-corrected chi connectivity index (χ0v) is 11.8. The van der Waals surface area contributed by atoms with Crippen molar-refractivity contribution in [3.05, 3.63) is 51.8 Å². The van der Waals surface area contributed by atoms with Crippen LogP contribution in [0.1, 0.15) is 22.4 Å². The Morgan fingerprint density at radius 3 is 2.60 bits per heavy atom. The molecular formula is C15H15ClN4. The molecule has 4 nitrogen and oxygen atoms in total. The van der Waals surface area contributed by atoms with E-state index in [1.54, 1.807) is 0 Å². The number of hydrogen-bond acceptors (Lipinski definition) is 4. The smallest absolute Gasteiger partial charge is 0.227 e.